The van der Waals surface area contributed by atoms with Gasteiger partial charge in [0, 0.05) is 40.1 Å². The van der Waals surface area contributed by atoms with Crippen LogP contribution in [0.3, 0.4) is 0 Å². The highest BCUT2D eigenvalue weighted by Gasteiger charge is 2.52. The van der Waals surface area contributed by atoms with E-state index in [0.29, 0.717) is 27.7 Å². The van der Waals surface area contributed by atoms with Crippen LogP contribution in [0.4, 0.5) is 21.7 Å². The van der Waals surface area contributed by atoms with Gasteiger partial charge in [-0.2, -0.15) is 0 Å². The van der Waals surface area contributed by atoms with Crippen LogP contribution in [0, 0.1) is 5.82 Å². The molecule has 5 aromatic carbocycles. The molecule has 0 radical (unpaired) electrons. The van der Waals surface area contributed by atoms with Crippen LogP contribution in [0.25, 0.3) is 21.9 Å². The van der Waals surface area contributed by atoms with E-state index in [2.05, 4.69) is 55.3 Å². The Morgan fingerprint density at radius 1 is 0.735 bits per heavy atom. The topological polar surface area (TPSA) is 50.3 Å². The summed E-state index contributed by atoms with van der Waals surface area (Å²) < 4.78 is 23.8. The lowest BCUT2D eigenvalue weighted by Gasteiger charge is -2.43. The number of para-hydroxylation sites is 1. The van der Waals surface area contributed by atoms with E-state index in [1.165, 1.54) is 12.5 Å². The first kappa shape index (κ1) is 32.8. The van der Waals surface area contributed by atoms with Gasteiger partial charge in [0.1, 0.15) is 11.6 Å². The monoisotopic (exact) mass is 686 g/mol. The lowest BCUT2D eigenvalue weighted by Crippen LogP contribution is -2.68. The van der Waals surface area contributed by atoms with Gasteiger partial charge in [-0.25, -0.2) is 4.39 Å². The first-order chi connectivity index (χ1) is 23.8. The molecule has 1 aliphatic heterocycles. The molecule has 0 spiro atoms. The quantitative estimate of drug-likeness (QED) is 0.162. The molecule has 0 unspecified atom stereocenters. The van der Waals surface area contributed by atoms with Crippen molar-refractivity contribution in [3.8, 4) is 16.9 Å². The molecule has 1 fully saturated rings. The normalized spacial score (nSPS) is 13.8. The Kier molecular flexibility index (Phi) is 9.14. The summed E-state index contributed by atoms with van der Waals surface area (Å²) in [7, 11) is -3.09. The number of halogens is 2. The lowest BCUT2D eigenvalue weighted by molar-refractivity contribution is 0.504. The Hall–Kier alpha value is -4.72. The molecule has 1 N–H and O–H groups in total. The molecule has 0 amide bonds. The van der Waals surface area contributed by atoms with Crippen molar-refractivity contribution in [2.75, 3.05) is 23.3 Å². The fourth-order valence-electron chi connectivity index (χ4n) is 7.11. The fraction of sp³-hybridized carbons (Fsp3) is 0.220. The number of rotatable bonds is 8. The summed E-state index contributed by atoms with van der Waals surface area (Å²) >= 11 is 7.20. The Labute approximate surface area is 293 Å². The summed E-state index contributed by atoms with van der Waals surface area (Å²) in [5.41, 5.74) is 1.74. The van der Waals surface area contributed by atoms with Crippen molar-refractivity contribution in [2.24, 2.45) is 0 Å². The van der Waals surface area contributed by atoms with Crippen molar-refractivity contribution in [3.63, 3.8) is 0 Å². The van der Waals surface area contributed by atoms with Gasteiger partial charge < -0.3 is 14.6 Å². The van der Waals surface area contributed by atoms with Gasteiger partial charge >= 0.3 is 8.32 Å². The number of benzene rings is 5. The van der Waals surface area contributed by atoms with Crippen molar-refractivity contribution in [3.05, 3.63) is 132 Å². The summed E-state index contributed by atoms with van der Waals surface area (Å²) in [6, 6.07) is 39.5. The molecule has 0 aliphatic carbocycles. The smallest absolute Gasteiger partial charge is 0.319 e. The summed E-state index contributed by atoms with van der Waals surface area (Å²) in [6.45, 7) is 8.44. The van der Waals surface area contributed by atoms with Crippen molar-refractivity contribution in [2.45, 2.75) is 45.1 Å². The van der Waals surface area contributed by atoms with Gasteiger partial charge in [-0.3, -0.25) is 0 Å². The Bertz CT molecular complexity index is 2030. The van der Waals surface area contributed by atoms with Gasteiger partial charge in [-0.15, -0.1) is 10.2 Å². The number of fused-ring (bicyclic) bond motifs is 1. The van der Waals surface area contributed by atoms with E-state index >= 15 is 4.39 Å². The van der Waals surface area contributed by atoms with Crippen LogP contribution in [0.15, 0.2) is 121 Å². The number of hydrogen-bond donors (Lipinski definition) is 1. The molecule has 6 aromatic rings. The Morgan fingerprint density at radius 3 is 1.96 bits per heavy atom. The highest BCUT2D eigenvalue weighted by molar-refractivity contribution is 7.00. The van der Waals surface area contributed by atoms with Gasteiger partial charge in [0.15, 0.2) is 11.6 Å². The van der Waals surface area contributed by atoms with E-state index in [-0.39, 0.29) is 5.04 Å². The van der Waals surface area contributed by atoms with E-state index in [9.17, 15) is 0 Å². The van der Waals surface area contributed by atoms with Crippen molar-refractivity contribution in [1.29, 1.82) is 0 Å². The number of anilines is 3. The maximum absolute atomic E-state index is 16.4. The van der Waals surface area contributed by atoms with Crippen LogP contribution in [0.5, 0.6) is 5.75 Å². The van der Waals surface area contributed by atoms with Gasteiger partial charge in [-0.1, -0.05) is 117 Å². The average Bonchev–Trinajstić information content (AvgIpc) is 3.12. The van der Waals surface area contributed by atoms with E-state index in [0.717, 1.165) is 58.6 Å². The second-order valence-electron chi connectivity index (χ2n) is 13.7. The first-order valence-electron chi connectivity index (χ1n) is 16.9. The molecular weight excluding hydrogens is 647 g/mol. The minimum absolute atomic E-state index is 0.321. The van der Waals surface area contributed by atoms with Crippen LogP contribution in [0.2, 0.25) is 10.1 Å². The van der Waals surface area contributed by atoms with Gasteiger partial charge in [0.05, 0.1) is 5.56 Å². The Morgan fingerprint density at radius 2 is 1.35 bits per heavy atom. The molecule has 49 heavy (non-hydrogen) atoms. The third kappa shape index (κ3) is 6.29. The zero-order valence-corrected chi connectivity index (χ0v) is 29.8. The first-order valence-corrected chi connectivity index (χ1v) is 19.2. The van der Waals surface area contributed by atoms with Crippen LogP contribution in [0.1, 0.15) is 40.0 Å². The highest BCUT2D eigenvalue weighted by Crippen LogP contribution is 2.45. The molecule has 248 valence electrons. The van der Waals surface area contributed by atoms with Crippen LogP contribution >= 0.6 is 11.6 Å². The summed E-state index contributed by atoms with van der Waals surface area (Å²) in [6.07, 6.45) is 3.39. The second-order valence-corrected chi connectivity index (χ2v) is 18.3. The second kappa shape index (κ2) is 13.7. The zero-order valence-electron chi connectivity index (χ0n) is 28.1. The summed E-state index contributed by atoms with van der Waals surface area (Å²) in [4.78, 5) is 2.28. The molecule has 1 saturated heterocycles. The average molecular weight is 687 g/mol. The number of nitrogens with one attached hydrogen (secondary N) is 1. The standard InChI is InChI=1S/C41H40ClFN4OSi/c1-41(2,3)49(30-19-10-5-11-20-30,31-21-12-6-13-22-31)48-37-24-16-23-36(43)38(37)34-27-32-33(28-35(34)42)40(47-25-14-7-15-26-47)46-45-39(32)44-29-17-8-4-9-18-29/h4-6,8-13,16-24,27-28H,7,14-15,25-26H2,1-3H3,(H,44,45). The summed E-state index contributed by atoms with van der Waals surface area (Å²) in [5, 5.41) is 16.8. The molecule has 5 nitrogen and oxygen atoms in total. The highest BCUT2D eigenvalue weighted by atomic mass is 35.5. The lowest BCUT2D eigenvalue weighted by atomic mass is 9.99. The molecule has 2 heterocycles. The minimum atomic E-state index is -3.09. The van der Waals surface area contributed by atoms with Crippen molar-refractivity contribution in [1.82, 2.24) is 10.2 Å². The molecule has 0 bridgehead atoms. The SMILES string of the molecule is CC(C)(C)[Si](Oc1cccc(F)c1-c1cc2c(Nc3ccccc3)nnc(N3CCCCC3)c2cc1Cl)(c1ccccc1)c1ccccc1. The predicted octanol–water partition coefficient (Wildman–Crippen LogP) is 9.76. The molecule has 0 saturated carbocycles. The largest absolute Gasteiger partial charge is 0.533 e. The number of aromatic nitrogens is 2. The van der Waals surface area contributed by atoms with Crippen molar-refractivity contribution >= 4 is 58.4 Å². The van der Waals surface area contributed by atoms with E-state index in [1.54, 1.807) is 6.07 Å². The Balaban J connectivity index is 1.44. The molecule has 0 atom stereocenters. The molecule has 1 aromatic heterocycles. The van der Waals surface area contributed by atoms with Crippen LogP contribution in [-0.4, -0.2) is 31.6 Å². The predicted molar refractivity (Wildman–Crippen MR) is 204 cm³/mol. The van der Waals surface area contributed by atoms with E-state index in [1.807, 2.05) is 84.9 Å². The number of piperidine rings is 1. The van der Waals surface area contributed by atoms with Gasteiger partial charge in [0.2, 0.25) is 0 Å². The zero-order chi connectivity index (χ0) is 34.0. The molecule has 1 aliphatic rings. The third-order valence-electron chi connectivity index (χ3n) is 9.46. The van der Waals surface area contributed by atoms with Crippen LogP contribution in [-0.2, 0) is 0 Å². The van der Waals surface area contributed by atoms with E-state index < -0.39 is 14.1 Å². The minimum Gasteiger partial charge on any atom is -0.533 e. The maximum Gasteiger partial charge on any atom is 0.319 e. The summed E-state index contributed by atoms with van der Waals surface area (Å²) in [5.74, 6) is 1.41. The van der Waals surface area contributed by atoms with Crippen LogP contribution < -0.4 is 25.0 Å². The molecule has 8 heteroatoms. The fourth-order valence-corrected chi connectivity index (χ4v) is 11.8. The number of hydrogen-bond acceptors (Lipinski definition) is 5. The maximum atomic E-state index is 16.4. The number of nitrogens with zero attached hydrogens (tertiary/aromatic N) is 3. The van der Waals surface area contributed by atoms with E-state index in [4.69, 9.17) is 26.2 Å². The van der Waals surface area contributed by atoms with Gasteiger partial charge in [0.25, 0.3) is 0 Å². The molecule has 7 rings (SSSR count). The third-order valence-corrected chi connectivity index (χ3v) is 14.7. The molecular formula is C41H40ClFN4OSi. The van der Waals surface area contributed by atoms with Crippen molar-refractivity contribution < 1.29 is 8.82 Å². The van der Waals surface area contributed by atoms with Gasteiger partial charge in [-0.05, 0) is 71.1 Å².